The maximum Gasteiger partial charge on any atom is 0.331 e. The number of carbonyl (C=O) groups is 3. The molecule has 1 aromatic heterocycles. The minimum Gasteiger partial charge on any atom is -0.497 e. The van der Waals surface area contributed by atoms with Crippen molar-refractivity contribution in [2.45, 2.75) is 51.7 Å². The van der Waals surface area contributed by atoms with Crippen LogP contribution in [0.1, 0.15) is 38.3 Å². The maximum atomic E-state index is 13.6. The van der Waals surface area contributed by atoms with Gasteiger partial charge in [0.05, 0.1) is 28.8 Å². The Hall–Kier alpha value is -4.29. The fourth-order valence-electron chi connectivity index (χ4n) is 5.98. The van der Waals surface area contributed by atoms with Gasteiger partial charge >= 0.3 is 11.7 Å². The Labute approximate surface area is 275 Å². The summed E-state index contributed by atoms with van der Waals surface area (Å²) < 4.78 is 7.55. The molecule has 5 rings (SSSR count). The lowest BCUT2D eigenvalue weighted by Crippen LogP contribution is -2.51. The fourth-order valence-corrected chi connectivity index (χ4v) is 6.38. The third kappa shape index (κ3) is 6.92. The van der Waals surface area contributed by atoms with E-state index in [1.807, 2.05) is 23.1 Å². The van der Waals surface area contributed by atoms with E-state index in [0.29, 0.717) is 44.5 Å². The van der Waals surface area contributed by atoms with Crippen LogP contribution in [0.15, 0.2) is 52.2 Å². The molecule has 2 N–H and O–H groups in total. The van der Waals surface area contributed by atoms with Gasteiger partial charge in [-0.1, -0.05) is 35.3 Å². The molecule has 244 valence electrons. The van der Waals surface area contributed by atoms with Gasteiger partial charge in [0, 0.05) is 56.6 Å². The minimum atomic E-state index is -0.717. The molecule has 3 heterocycles. The highest BCUT2D eigenvalue weighted by molar-refractivity contribution is 6.43. The van der Waals surface area contributed by atoms with Gasteiger partial charge in [-0.15, -0.1) is 0 Å². The Morgan fingerprint density at radius 2 is 1.80 bits per heavy atom. The van der Waals surface area contributed by atoms with Crippen LogP contribution in [0.3, 0.4) is 0 Å². The lowest BCUT2D eigenvalue weighted by molar-refractivity contribution is -0.133. The third-order valence-corrected chi connectivity index (χ3v) is 9.33. The molecule has 4 amide bonds. The first-order chi connectivity index (χ1) is 22.0. The second kappa shape index (κ2) is 14.0. The minimum absolute atomic E-state index is 0.0291. The van der Waals surface area contributed by atoms with Crippen LogP contribution in [0.2, 0.25) is 10.0 Å². The first kappa shape index (κ1) is 33.1. The first-order valence-corrected chi connectivity index (χ1v) is 15.8. The van der Waals surface area contributed by atoms with E-state index >= 15 is 0 Å². The smallest absolute Gasteiger partial charge is 0.331 e. The van der Waals surface area contributed by atoms with Crippen molar-refractivity contribution < 1.29 is 19.1 Å². The zero-order valence-electron chi connectivity index (χ0n) is 25.8. The summed E-state index contributed by atoms with van der Waals surface area (Å²) in [6.07, 6.45) is 3.15. The van der Waals surface area contributed by atoms with Crippen LogP contribution in [0.4, 0.5) is 10.5 Å². The van der Waals surface area contributed by atoms with Crippen LogP contribution in [-0.4, -0.2) is 76.1 Å². The fraction of sp³-hybridized carbons (Fsp3) is 0.406. The Bertz CT molecular complexity index is 1780. The Kier molecular flexibility index (Phi) is 10.1. The van der Waals surface area contributed by atoms with E-state index in [2.05, 4.69) is 10.6 Å². The highest BCUT2D eigenvalue weighted by Gasteiger charge is 2.32. The number of benzene rings is 2. The molecule has 1 atom stereocenters. The van der Waals surface area contributed by atoms with Gasteiger partial charge in [-0.25, -0.2) is 9.59 Å². The Morgan fingerprint density at radius 3 is 2.50 bits per heavy atom. The summed E-state index contributed by atoms with van der Waals surface area (Å²) in [5.41, 5.74) is 0.868. The van der Waals surface area contributed by atoms with E-state index in [0.717, 1.165) is 21.6 Å². The van der Waals surface area contributed by atoms with Crippen LogP contribution in [0.5, 0.6) is 5.75 Å². The molecule has 2 aliphatic heterocycles. The van der Waals surface area contributed by atoms with Gasteiger partial charge in [-0.3, -0.25) is 23.5 Å². The molecule has 14 heteroatoms. The van der Waals surface area contributed by atoms with Crippen LogP contribution in [0, 0.1) is 0 Å². The molecule has 0 unspecified atom stereocenters. The van der Waals surface area contributed by atoms with E-state index < -0.39 is 17.3 Å². The standard InChI is InChI=1S/C32H36Cl2N6O6/c1-19(16-35-20(2)41)40-30(43)25(24-5-4-6-26(33)29(24)34)17-38(32(40)45)18-28(42)37-12-10-22(11-13-37)39-14-9-21-15-23(46-3)7-8-27(21)36-31(39)44/h4-8,15,17,19,22H,9-14,16,18H2,1-3H3,(H,35,41)(H,36,44)/t19-/m0/s1. The number of nitrogens with one attached hydrogen (secondary N) is 2. The average molecular weight is 672 g/mol. The van der Waals surface area contributed by atoms with Gasteiger partial charge in [-0.2, -0.15) is 0 Å². The number of nitrogens with zero attached hydrogens (tertiary/aromatic N) is 4. The first-order valence-electron chi connectivity index (χ1n) is 15.1. The summed E-state index contributed by atoms with van der Waals surface area (Å²) in [7, 11) is 1.61. The normalized spacial score (nSPS) is 15.9. The summed E-state index contributed by atoms with van der Waals surface area (Å²) >= 11 is 12.7. The van der Waals surface area contributed by atoms with Crippen molar-refractivity contribution in [1.29, 1.82) is 0 Å². The zero-order chi connectivity index (χ0) is 33.1. The predicted octanol–water partition coefficient (Wildman–Crippen LogP) is 3.77. The molecule has 0 saturated carbocycles. The van der Waals surface area contributed by atoms with Crippen molar-refractivity contribution in [2.75, 3.05) is 38.6 Å². The number of fused-ring (bicyclic) bond motifs is 1. The Balaban J connectivity index is 1.33. The number of ether oxygens (including phenoxy) is 1. The number of halogens is 2. The Morgan fingerprint density at radius 1 is 1.07 bits per heavy atom. The molecule has 1 saturated heterocycles. The molecule has 0 aliphatic carbocycles. The van der Waals surface area contributed by atoms with Crippen molar-refractivity contribution in [1.82, 2.24) is 24.3 Å². The average Bonchev–Trinajstić information content (AvgIpc) is 3.20. The monoisotopic (exact) mass is 670 g/mol. The second-order valence-corrected chi connectivity index (χ2v) is 12.3. The quantitative estimate of drug-likeness (QED) is 0.375. The molecular weight excluding hydrogens is 635 g/mol. The van der Waals surface area contributed by atoms with Gasteiger partial charge in [0.2, 0.25) is 11.8 Å². The van der Waals surface area contributed by atoms with E-state index in [1.165, 1.54) is 17.7 Å². The SMILES string of the molecule is COc1ccc2c(c1)CCN(C1CCN(C(=O)Cn3cc(-c4cccc(Cl)c4Cl)c(=O)n([C@@H](C)CNC(C)=O)c3=O)CC1)C(=O)N2. The van der Waals surface area contributed by atoms with E-state index in [4.69, 9.17) is 27.9 Å². The van der Waals surface area contributed by atoms with E-state index in [9.17, 15) is 24.0 Å². The molecule has 3 aromatic rings. The van der Waals surface area contributed by atoms with E-state index in [-0.39, 0.29) is 52.6 Å². The number of amides is 4. The van der Waals surface area contributed by atoms with Crippen molar-refractivity contribution in [3.63, 3.8) is 0 Å². The topological polar surface area (TPSA) is 135 Å². The number of carbonyl (C=O) groups excluding carboxylic acids is 3. The number of hydrogen-bond acceptors (Lipinski definition) is 6. The second-order valence-electron chi connectivity index (χ2n) is 11.5. The maximum absolute atomic E-state index is 13.6. The molecule has 2 aromatic carbocycles. The van der Waals surface area contributed by atoms with Crippen molar-refractivity contribution in [3.05, 3.63) is 79.0 Å². The number of methoxy groups -OCH3 is 1. The third-order valence-electron chi connectivity index (χ3n) is 8.52. The van der Waals surface area contributed by atoms with Gasteiger partial charge < -0.3 is 25.2 Å². The number of rotatable bonds is 8. The van der Waals surface area contributed by atoms with Gasteiger partial charge in [-0.05, 0) is 56.0 Å². The van der Waals surface area contributed by atoms with Crippen molar-refractivity contribution >= 4 is 46.7 Å². The van der Waals surface area contributed by atoms with Gasteiger partial charge in [0.1, 0.15) is 12.3 Å². The molecule has 0 bridgehead atoms. The van der Waals surface area contributed by atoms with Crippen molar-refractivity contribution in [2.24, 2.45) is 0 Å². The summed E-state index contributed by atoms with van der Waals surface area (Å²) in [5.74, 6) is 0.117. The number of anilines is 1. The summed E-state index contributed by atoms with van der Waals surface area (Å²) in [6, 6.07) is 9.46. The molecule has 2 aliphatic rings. The van der Waals surface area contributed by atoms with Crippen LogP contribution >= 0.6 is 23.2 Å². The number of urea groups is 1. The number of likely N-dealkylation sites (tertiary alicyclic amines) is 1. The van der Waals surface area contributed by atoms with E-state index in [1.54, 1.807) is 37.1 Å². The number of aromatic nitrogens is 2. The molecule has 1 fully saturated rings. The van der Waals surface area contributed by atoms with Crippen LogP contribution in [-0.2, 0) is 22.6 Å². The molecule has 0 spiro atoms. The number of piperidine rings is 1. The molecular formula is C32H36Cl2N6O6. The highest BCUT2D eigenvalue weighted by Crippen LogP contribution is 2.32. The largest absolute Gasteiger partial charge is 0.497 e. The molecule has 12 nitrogen and oxygen atoms in total. The summed E-state index contributed by atoms with van der Waals surface area (Å²) in [4.78, 5) is 68.9. The van der Waals surface area contributed by atoms with Crippen LogP contribution in [0.25, 0.3) is 11.1 Å². The lowest BCUT2D eigenvalue weighted by atomic mass is 10.0. The molecule has 46 heavy (non-hydrogen) atoms. The van der Waals surface area contributed by atoms with Crippen LogP contribution < -0.4 is 26.6 Å². The number of hydrogen-bond donors (Lipinski definition) is 2. The summed E-state index contributed by atoms with van der Waals surface area (Å²) in [6.45, 7) is 4.01. The highest BCUT2D eigenvalue weighted by atomic mass is 35.5. The van der Waals surface area contributed by atoms with Gasteiger partial charge in [0.15, 0.2) is 0 Å². The van der Waals surface area contributed by atoms with Gasteiger partial charge in [0.25, 0.3) is 5.56 Å². The predicted molar refractivity (Wildman–Crippen MR) is 176 cm³/mol. The van der Waals surface area contributed by atoms with Crippen molar-refractivity contribution in [3.8, 4) is 16.9 Å². The lowest BCUT2D eigenvalue weighted by Gasteiger charge is -2.38. The zero-order valence-corrected chi connectivity index (χ0v) is 27.4. The summed E-state index contributed by atoms with van der Waals surface area (Å²) in [5, 5.41) is 6.00. The molecule has 0 radical (unpaired) electrons.